The molecule has 200 valence electrons. The fraction of sp³-hybridized carbons (Fsp3) is 0.538. The number of hydrogen-bond donors (Lipinski definition) is 2. The van der Waals surface area contributed by atoms with Gasteiger partial charge in [0.25, 0.3) is 5.91 Å². The number of likely N-dealkylation sites (tertiary alicyclic amines) is 1. The Morgan fingerprint density at radius 2 is 2.03 bits per heavy atom. The van der Waals surface area contributed by atoms with Crippen molar-refractivity contribution in [2.24, 2.45) is 4.99 Å². The Labute approximate surface area is 218 Å². The number of carbonyl (C=O) groups excluding carboxylic acids is 1. The molecule has 0 aliphatic carbocycles. The van der Waals surface area contributed by atoms with Crippen LogP contribution >= 0.6 is 11.3 Å². The molecule has 2 N–H and O–H groups in total. The van der Waals surface area contributed by atoms with Crippen LogP contribution < -0.4 is 5.43 Å². The van der Waals surface area contributed by atoms with E-state index in [1.54, 1.807) is 4.90 Å². The number of amidine groups is 1. The van der Waals surface area contributed by atoms with E-state index in [2.05, 4.69) is 48.4 Å². The highest BCUT2D eigenvalue weighted by Crippen LogP contribution is 2.40. The summed E-state index contributed by atoms with van der Waals surface area (Å²) in [5.74, 6) is 1.15. The number of aromatic amines is 1. The number of allylic oxidation sites excluding steroid dienone is 2. The number of amides is 1. The van der Waals surface area contributed by atoms with Crippen molar-refractivity contribution in [3.63, 3.8) is 0 Å². The molecule has 11 heteroatoms. The van der Waals surface area contributed by atoms with Crippen molar-refractivity contribution in [1.82, 2.24) is 25.2 Å². The fourth-order valence-electron chi connectivity index (χ4n) is 5.41. The third-order valence-electron chi connectivity index (χ3n) is 7.41. The predicted molar refractivity (Wildman–Crippen MR) is 142 cm³/mol. The van der Waals surface area contributed by atoms with Crippen LogP contribution in [0.1, 0.15) is 66.9 Å². The van der Waals surface area contributed by atoms with E-state index in [1.807, 2.05) is 23.0 Å². The summed E-state index contributed by atoms with van der Waals surface area (Å²) in [6.45, 7) is 8.11. The molecule has 3 aliphatic heterocycles. The minimum atomic E-state index is -4.13. The van der Waals surface area contributed by atoms with Crippen molar-refractivity contribution in [2.75, 3.05) is 33.4 Å². The van der Waals surface area contributed by atoms with Gasteiger partial charge in [-0.05, 0) is 49.0 Å². The number of hydrogen-bond acceptors (Lipinski definition) is 6. The Morgan fingerprint density at radius 1 is 1.30 bits per heavy atom. The van der Waals surface area contributed by atoms with Gasteiger partial charge in [0, 0.05) is 44.5 Å². The second-order valence-electron chi connectivity index (χ2n) is 10.4. The smallest absolute Gasteiger partial charge is 0.354 e. The molecule has 3 aliphatic rings. The lowest BCUT2D eigenvalue weighted by Crippen LogP contribution is -2.46. The van der Waals surface area contributed by atoms with Crippen LogP contribution in [0.25, 0.3) is 15.8 Å². The Morgan fingerprint density at radius 3 is 2.70 bits per heavy atom. The third kappa shape index (κ3) is 5.21. The number of H-pyrrole nitrogens is 1. The van der Waals surface area contributed by atoms with Crippen molar-refractivity contribution in [3.05, 3.63) is 40.0 Å². The van der Waals surface area contributed by atoms with E-state index in [0.29, 0.717) is 37.5 Å². The van der Waals surface area contributed by atoms with E-state index in [0.717, 1.165) is 32.9 Å². The van der Waals surface area contributed by atoms with E-state index in [4.69, 9.17) is 0 Å². The van der Waals surface area contributed by atoms with Crippen molar-refractivity contribution >= 4 is 38.9 Å². The number of halogens is 3. The summed E-state index contributed by atoms with van der Waals surface area (Å²) in [6, 6.07) is 1.97. The van der Waals surface area contributed by atoms with E-state index in [9.17, 15) is 18.0 Å². The fourth-order valence-corrected chi connectivity index (χ4v) is 6.70. The SMILES string of the molecule is CC1=CC(c2[nH]c3cc(C(=O)N(C)C4CCN(CCC(F)(F)F)CC4)sc3c2C(C)C)=CN2NCN=C12. The molecule has 1 amide bonds. The molecule has 1 saturated heterocycles. The Kier molecular flexibility index (Phi) is 6.97. The molecule has 1 fully saturated rings. The van der Waals surface area contributed by atoms with Gasteiger partial charge in [0.2, 0.25) is 0 Å². The van der Waals surface area contributed by atoms with Crippen molar-refractivity contribution < 1.29 is 18.0 Å². The average molecular weight is 535 g/mol. The number of rotatable bonds is 6. The quantitative estimate of drug-likeness (QED) is 0.527. The van der Waals surface area contributed by atoms with Crippen LogP contribution in [-0.2, 0) is 0 Å². The molecule has 0 unspecified atom stereocenters. The number of piperidine rings is 1. The van der Waals surface area contributed by atoms with Crippen molar-refractivity contribution in [3.8, 4) is 0 Å². The van der Waals surface area contributed by atoms with Crippen LogP contribution in [0.15, 0.2) is 28.9 Å². The average Bonchev–Trinajstić information content (AvgIpc) is 3.56. The topological polar surface area (TPSA) is 67.0 Å². The number of nitrogens with one attached hydrogen (secondary N) is 2. The first-order valence-corrected chi connectivity index (χ1v) is 13.5. The molecule has 2 aromatic heterocycles. The second-order valence-corrected chi connectivity index (χ2v) is 11.4. The zero-order chi connectivity index (χ0) is 26.5. The minimum Gasteiger partial charge on any atom is -0.354 e. The number of fused-ring (bicyclic) bond motifs is 2. The molecule has 37 heavy (non-hydrogen) atoms. The van der Waals surface area contributed by atoms with Gasteiger partial charge in [-0.1, -0.05) is 13.8 Å². The highest BCUT2D eigenvalue weighted by atomic mass is 32.1. The number of alkyl halides is 3. The van der Waals surface area contributed by atoms with Gasteiger partial charge in [-0.3, -0.25) is 9.80 Å². The van der Waals surface area contributed by atoms with Gasteiger partial charge in [-0.25, -0.2) is 10.4 Å². The van der Waals surface area contributed by atoms with E-state index in [1.165, 1.54) is 16.9 Å². The number of aromatic nitrogens is 1. The maximum atomic E-state index is 13.4. The summed E-state index contributed by atoms with van der Waals surface area (Å²) in [4.78, 5) is 25.8. The van der Waals surface area contributed by atoms with Gasteiger partial charge in [-0.2, -0.15) is 13.2 Å². The minimum absolute atomic E-state index is 0.0247. The summed E-state index contributed by atoms with van der Waals surface area (Å²) in [6.07, 6.45) is 0.640. The lowest BCUT2D eigenvalue weighted by Gasteiger charge is -2.36. The van der Waals surface area contributed by atoms with Crippen molar-refractivity contribution in [2.45, 2.75) is 58.2 Å². The highest BCUT2D eigenvalue weighted by molar-refractivity contribution is 7.21. The molecule has 7 nitrogen and oxygen atoms in total. The maximum Gasteiger partial charge on any atom is 0.390 e. The maximum absolute atomic E-state index is 13.4. The normalized spacial score (nSPS) is 19.4. The number of carbonyl (C=O) groups is 1. The Hall–Kier alpha value is -2.63. The summed E-state index contributed by atoms with van der Waals surface area (Å²) in [5.41, 5.74) is 8.61. The summed E-state index contributed by atoms with van der Waals surface area (Å²) in [5, 5.41) is 1.96. The number of aliphatic imine (C=N–C) groups is 1. The molecule has 5 heterocycles. The lowest BCUT2D eigenvalue weighted by atomic mass is 9.97. The van der Waals surface area contributed by atoms with E-state index in [-0.39, 0.29) is 24.4 Å². The van der Waals surface area contributed by atoms with E-state index < -0.39 is 12.6 Å². The van der Waals surface area contributed by atoms with E-state index >= 15 is 0 Å². The molecule has 2 aromatic rings. The van der Waals surface area contributed by atoms with Crippen LogP contribution in [0, 0.1) is 0 Å². The largest absolute Gasteiger partial charge is 0.390 e. The molecule has 0 saturated carbocycles. The second kappa shape index (κ2) is 9.92. The molecule has 5 rings (SSSR count). The monoisotopic (exact) mass is 534 g/mol. The lowest BCUT2D eigenvalue weighted by molar-refractivity contribution is -0.138. The Balaban J connectivity index is 1.32. The first kappa shape index (κ1) is 26.0. The van der Waals surface area contributed by atoms with Gasteiger partial charge in [-0.15, -0.1) is 11.3 Å². The Bertz CT molecular complexity index is 1280. The predicted octanol–water partition coefficient (Wildman–Crippen LogP) is 5.32. The first-order valence-electron chi connectivity index (χ1n) is 12.7. The van der Waals surface area contributed by atoms with Crippen molar-refractivity contribution in [1.29, 1.82) is 0 Å². The zero-order valence-electron chi connectivity index (χ0n) is 21.6. The van der Waals surface area contributed by atoms with Crippen LogP contribution in [-0.4, -0.2) is 77.1 Å². The summed E-state index contributed by atoms with van der Waals surface area (Å²) >= 11 is 1.51. The molecule has 0 aromatic carbocycles. The van der Waals surface area contributed by atoms with Gasteiger partial charge in [0.15, 0.2) is 0 Å². The summed E-state index contributed by atoms with van der Waals surface area (Å²) < 4.78 is 38.7. The highest BCUT2D eigenvalue weighted by Gasteiger charge is 2.32. The molecule has 0 atom stereocenters. The van der Waals surface area contributed by atoms with Crippen LogP contribution in [0.2, 0.25) is 0 Å². The van der Waals surface area contributed by atoms with Gasteiger partial charge < -0.3 is 14.8 Å². The number of thiophene rings is 1. The van der Waals surface area contributed by atoms with Crippen LogP contribution in [0.5, 0.6) is 0 Å². The molecule has 0 spiro atoms. The van der Waals surface area contributed by atoms with Gasteiger partial charge in [0.1, 0.15) is 12.5 Å². The van der Waals surface area contributed by atoms with Crippen LogP contribution in [0.4, 0.5) is 13.2 Å². The zero-order valence-corrected chi connectivity index (χ0v) is 22.4. The third-order valence-corrected chi connectivity index (χ3v) is 8.57. The summed E-state index contributed by atoms with van der Waals surface area (Å²) in [7, 11) is 1.81. The molecular weight excluding hydrogens is 501 g/mol. The number of nitrogens with zero attached hydrogens (tertiary/aromatic N) is 4. The first-order chi connectivity index (χ1) is 17.5. The molecular formula is C26H33F3N6OS. The molecule has 0 bridgehead atoms. The van der Waals surface area contributed by atoms with Gasteiger partial charge in [0.05, 0.1) is 27.2 Å². The van der Waals surface area contributed by atoms with Gasteiger partial charge >= 0.3 is 6.18 Å². The number of hydrazine groups is 1. The molecule has 0 radical (unpaired) electrons. The van der Waals surface area contributed by atoms with Crippen LogP contribution in [0.3, 0.4) is 0 Å². The standard InChI is InChI=1S/C26H33F3N6OS/c1-15(2)21-22(17-11-16(3)24-30-14-31-35(24)13-17)32-19-12-20(37-23(19)21)25(36)33(4)18-5-8-34(9-6-18)10-7-26(27,28)29/h11-13,15,18,31-32H,5-10,14H2,1-4H3.